The second kappa shape index (κ2) is 10.3. The first-order valence-electron chi connectivity index (χ1n) is 11.1. The number of para-hydroxylation sites is 2. The quantitative estimate of drug-likeness (QED) is 0.387. The van der Waals surface area contributed by atoms with Crippen molar-refractivity contribution in [3.63, 3.8) is 0 Å². The van der Waals surface area contributed by atoms with E-state index in [4.69, 9.17) is 17.0 Å². The summed E-state index contributed by atoms with van der Waals surface area (Å²) in [7, 11) is -2.40. The van der Waals surface area contributed by atoms with Crippen LogP contribution in [0, 0.1) is 6.92 Å². The molecule has 1 aliphatic heterocycles. The molecule has 34 heavy (non-hydrogen) atoms. The molecule has 9 heteroatoms. The number of rotatable bonds is 7. The van der Waals surface area contributed by atoms with E-state index in [1.165, 1.54) is 7.11 Å². The van der Waals surface area contributed by atoms with Gasteiger partial charge in [-0.05, 0) is 80.0 Å². The molecule has 1 aliphatic rings. The first-order valence-corrected chi connectivity index (χ1v) is 12.9. The van der Waals surface area contributed by atoms with Crippen LogP contribution in [0.5, 0.6) is 5.75 Å². The van der Waals surface area contributed by atoms with E-state index in [0.717, 1.165) is 37.2 Å². The Hall–Kier alpha value is -3.30. The lowest BCUT2D eigenvalue weighted by Crippen LogP contribution is -2.24. The third-order valence-corrected chi connectivity index (χ3v) is 7.18. The first-order chi connectivity index (χ1) is 16.4. The number of hydrogen-bond acceptors (Lipinski definition) is 5. The van der Waals surface area contributed by atoms with Crippen LogP contribution in [0.4, 0.5) is 22.7 Å². The molecule has 178 valence electrons. The van der Waals surface area contributed by atoms with Crippen LogP contribution in [-0.4, -0.2) is 33.7 Å². The number of anilines is 4. The van der Waals surface area contributed by atoms with Gasteiger partial charge in [0.25, 0.3) is 10.0 Å². The number of nitrogens with zero attached hydrogens (tertiary/aromatic N) is 1. The van der Waals surface area contributed by atoms with Gasteiger partial charge in [0, 0.05) is 24.5 Å². The lowest BCUT2D eigenvalue weighted by molar-refractivity contribution is 0.417. The van der Waals surface area contributed by atoms with Crippen molar-refractivity contribution in [1.29, 1.82) is 0 Å². The summed E-state index contributed by atoms with van der Waals surface area (Å²) in [5, 5.41) is 6.63. The van der Waals surface area contributed by atoms with Crippen LogP contribution in [0.3, 0.4) is 0 Å². The Balaban J connectivity index is 1.63. The number of methoxy groups -OCH3 is 1. The summed E-state index contributed by atoms with van der Waals surface area (Å²) in [6.07, 6.45) is 2.06. The maximum absolute atomic E-state index is 13.5. The highest BCUT2D eigenvalue weighted by atomic mass is 32.2. The van der Waals surface area contributed by atoms with Crippen molar-refractivity contribution in [2.75, 3.05) is 40.5 Å². The average molecular weight is 497 g/mol. The smallest absolute Gasteiger partial charge is 0.264 e. The van der Waals surface area contributed by atoms with E-state index < -0.39 is 10.0 Å². The summed E-state index contributed by atoms with van der Waals surface area (Å²) >= 11 is 5.46. The average Bonchev–Trinajstić information content (AvgIpc) is 3.34. The molecule has 4 rings (SSSR count). The van der Waals surface area contributed by atoms with E-state index in [1.807, 2.05) is 43.3 Å². The molecule has 0 amide bonds. The highest BCUT2D eigenvalue weighted by Crippen LogP contribution is 2.34. The van der Waals surface area contributed by atoms with Gasteiger partial charge in [-0.1, -0.05) is 24.3 Å². The molecule has 3 aromatic carbocycles. The molecule has 1 heterocycles. The zero-order chi connectivity index (χ0) is 24.1. The zero-order valence-corrected chi connectivity index (χ0v) is 20.8. The van der Waals surface area contributed by atoms with Gasteiger partial charge in [0.2, 0.25) is 0 Å². The summed E-state index contributed by atoms with van der Waals surface area (Å²) in [5.74, 6) is 0.451. The van der Waals surface area contributed by atoms with Gasteiger partial charge in [-0.15, -0.1) is 0 Å². The Morgan fingerprint density at radius 3 is 2.35 bits per heavy atom. The molecule has 1 fully saturated rings. The van der Waals surface area contributed by atoms with Gasteiger partial charge in [-0.3, -0.25) is 4.72 Å². The zero-order valence-electron chi connectivity index (χ0n) is 19.2. The van der Waals surface area contributed by atoms with Crippen molar-refractivity contribution in [1.82, 2.24) is 0 Å². The molecular formula is C25H28N4O3S2. The van der Waals surface area contributed by atoms with E-state index in [-0.39, 0.29) is 4.90 Å². The molecule has 0 spiro atoms. The van der Waals surface area contributed by atoms with E-state index in [9.17, 15) is 8.42 Å². The normalized spacial score (nSPS) is 13.4. The fourth-order valence-electron chi connectivity index (χ4n) is 3.97. The van der Waals surface area contributed by atoms with E-state index in [1.54, 1.807) is 30.3 Å². The second-order valence-corrected chi connectivity index (χ2v) is 10.2. The minimum Gasteiger partial charge on any atom is -0.495 e. The molecule has 0 bridgehead atoms. The molecule has 0 atom stereocenters. The molecule has 7 nitrogen and oxygen atoms in total. The number of sulfonamides is 1. The molecule has 0 saturated carbocycles. The fourth-order valence-corrected chi connectivity index (χ4v) is 5.53. The van der Waals surface area contributed by atoms with Gasteiger partial charge < -0.3 is 20.3 Å². The Morgan fingerprint density at radius 2 is 1.65 bits per heavy atom. The van der Waals surface area contributed by atoms with Gasteiger partial charge in [-0.2, -0.15) is 0 Å². The van der Waals surface area contributed by atoms with Gasteiger partial charge in [0.1, 0.15) is 10.6 Å². The Morgan fingerprint density at radius 1 is 0.941 bits per heavy atom. The predicted molar refractivity (Wildman–Crippen MR) is 143 cm³/mol. The van der Waals surface area contributed by atoms with Gasteiger partial charge in [0.15, 0.2) is 5.11 Å². The largest absolute Gasteiger partial charge is 0.495 e. The van der Waals surface area contributed by atoms with Crippen LogP contribution in [-0.2, 0) is 10.0 Å². The molecule has 0 aliphatic carbocycles. The monoisotopic (exact) mass is 496 g/mol. The minimum atomic E-state index is -3.91. The molecule has 3 N–H and O–H groups in total. The van der Waals surface area contributed by atoms with Crippen molar-refractivity contribution >= 4 is 50.1 Å². The lowest BCUT2D eigenvalue weighted by atomic mass is 10.2. The lowest BCUT2D eigenvalue weighted by Gasteiger charge is -2.23. The van der Waals surface area contributed by atoms with Crippen molar-refractivity contribution < 1.29 is 13.2 Å². The number of benzene rings is 3. The SMILES string of the molecule is COc1ccccc1NS(=O)(=O)c1cc(NC(=S)Nc2cccc(C)c2)ccc1N1CCCC1. The number of nitrogens with one attached hydrogen (secondary N) is 3. The van der Waals surface area contributed by atoms with Gasteiger partial charge in [-0.25, -0.2) is 8.42 Å². The topological polar surface area (TPSA) is 82.7 Å². The third-order valence-electron chi connectivity index (χ3n) is 5.58. The van der Waals surface area contributed by atoms with E-state index >= 15 is 0 Å². The maximum atomic E-state index is 13.5. The fraction of sp³-hybridized carbons (Fsp3) is 0.240. The number of thiocarbonyl (C=S) groups is 1. The first kappa shape index (κ1) is 23.8. The molecule has 0 aromatic heterocycles. The van der Waals surface area contributed by atoms with Crippen molar-refractivity contribution in [3.8, 4) is 5.75 Å². The second-order valence-electron chi connectivity index (χ2n) is 8.13. The number of hydrogen-bond donors (Lipinski definition) is 3. The standard InChI is InChI=1S/C25H28N4O3S2/c1-18-8-7-9-19(16-18)26-25(33)27-20-12-13-22(29-14-5-6-15-29)24(17-20)34(30,31)28-21-10-3-4-11-23(21)32-2/h3-4,7-13,16-17,28H,5-6,14-15H2,1-2H3,(H2,26,27,33). The van der Waals surface area contributed by atoms with Crippen LogP contribution >= 0.6 is 12.2 Å². The highest BCUT2D eigenvalue weighted by molar-refractivity contribution is 7.93. The molecule has 1 saturated heterocycles. The summed E-state index contributed by atoms with van der Waals surface area (Å²) < 4.78 is 35.1. The number of ether oxygens (including phenoxy) is 1. The Kier molecular flexibility index (Phi) is 7.23. The van der Waals surface area contributed by atoms with Gasteiger partial charge in [0.05, 0.1) is 18.5 Å². The summed E-state index contributed by atoms with van der Waals surface area (Å²) in [4.78, 5) is 2.29. The van der Waals surface area contributed by atoms with Crippen LogP contribution in [0.25, 0.3) is 0 Å². The molecule has 0 radical (unpaired) electrons. The molecular weight excluding hydrogens is 468 g/mol. The molecule has 3 aromatic rings. The van der Waals surface area contributed by atoms with Crippen LogP contribution in [0.1, 0.15) is 18.4 Å². The third kappa shape index (κ3) is 5.60. The maximum Gasteiger partial charge on any atom is 0.264 e. The van der Waals surface area contributed by atoms with Crippen LogP contribution in [0.2, 0.25) is 0 Å². The molecule has 0 unspecified atom stereocenters. The van der Waals surface area contributed by atoms with Gasteiger partial charge >= 0.3 is 0 Å². The minimum absolute atomic E-state index is 0.184. The summed E-state index contributed by atoms with van der Waals surface area (Å²) in [6, 6.07) is 20.1. The summed E-state index contributed by atoms with van der Waals surface area (Å²) in [5.41, 5.74) is 3.60. The summed E-state index contributed by atoms with van der Waals surface area (Å²) in [6.45, 7) is 3.64. The van der Waals surface area contributed by atoms with E-state index in [0.29, 0.717) is 27.9 Å². The Bertz CT molecular complexity index is 1290. The van der Waals surface area contributed by atoms with E-state index in [2.05, 4.69) is 20.3 Å². The number of aryl methyl sites for hydroxylation is 1. The van der Waals surface area contributed by atoms with Crippen molar-refractivity contribution in [3.05, 3.63) is 72.3 Å². The van der Waals surface area contributed by atoms with Crippen molar-refractivity contribution in [2.45, 2.75) is 24.7 Å². The predicted octanol–water partition coefficient (Wildman–Crippen LogP) is 5.21. The van der Waals surface area contributed by atoms with Crippen LogP contribution < -0.4 is 25.0 Å². The Labute approximate surface area is 206 Å². The van der Waals surface area contributed by atoms with Crippen molar-refractivity contribution in [2.24, 2.45) is 0 Å². The highest BCUT2D eigenvalue weighted by Gasteiger charge is 2.25. The van der Waals surface area contributed by atoms with Crippen LogP contribution in [0.15, 0.2) is 71.6 Å².